The Morgan fingerprint density at radius 2 is 1.17 bits per heavy atom. The lowest BCUT2D eigenvalue weighted by atomic mass is 9.97. The van der Waals surface area contributed by atoms with Gasteiger partial charge in [-0.05, 0) is 57.3 Å². The van der Waals surface area contributed by atoms with Gasteiger partial charge in [-0.3, -0.25) is 0 Å². The minimum Gasteiger partial charge on any atom is -0.384 e. The Bertz CT molecular complexity index is 500. The molecular formula is C16H17IO. The molecule has 0 bridgehead atoms. The van der Waals surface area contributed by atoms with E-state index in [9.17, 15) is 5.11 Å². The van der Waals surface area contributed by atoms with E-state index in [0.29, 0.717) is 5.92 Å². The smallest absolute Gasteiger partial charge is 0.104 e. The van der Waals surface area contributed by atoms with Crippen LogP contribution in [0.4, 0.5) is 0 Å². The zero-order valence-corrected chi connectivity index (χ0v) is 12.8. The van der Waals surface area contributed by atoms with Crippen LogP contribution in [0.2, 0.25) is 0 Å². The fraction of sp³-hybridized carbons (Fsp3) is 0.250. The molecular weight excluding hydrogens is 335 g/mol. The van der Waals surface area contributed by atoms with Crippen LogP contribution in [0.5, 0.6) is 0 Å². The van der Waals surface area contributed by atoms with E-state index in [4.69, 9.17) is 0 Å². The number of aliphatic hydroxyl groups excluding tert-OH is 1. The van der Waals surface area contributed by atoms with Gasteiger partial charge in [0, 0.05) is 3.57 Å². The van der Waals surface area contributed by atoms with E-state index in [2.05, 4.69) is 48.6 Å². The highest BCUT2D eigenvalue weighted by Crippen LogP contribution is 2.24. The van der Waals surface area contributed by atoms with Gasteiger partial charge in [0.25, 0.3) is 0 Å². The van der Waals surface area contributed by atoms with Crippen molar-refractivity contribution in [3.05, 3.63) is 68.8 Å². The van der Waals surface area contributed by atoms with Crippen molar-refractivity contribution in [3.8, 4) is 0 Å². The Balaban J connectivity index is 2.23. The lowest BCUT2D eigenvalue weighted by molar-refractivity contribution is 0.220. The van der Waals surface area contributed by atoms with Crippen molar-refractivity contribution in [2.45, 2.75) is 25.9 Å². The van der Waals surface area contributed by atoms with Gasteiger partial charge in [0.2, 0.25) is 0 Å². The predicted octanol–water partition coefficient (Wildman–Crippen LogP) is 4.50. The minimum absolute atomic E-state index is 0.523. The van der Waals surface area contributed by atoms with Crippen LogP contribution in [0.3, 0.4) is 0 Å². The highest BCUT2D eigenvalue weighted by molar-refractivity contribution is 14.1. The topological polar surface area (TPSA) is 20.2 Å². The number of benzene rings is 2. The fourth-order valence-corrected chi connectivity index (χ4v) is 2.26. The van der Waals surface area contributed by atoms with E-state index >= 15 is 0 Å². The largest absolute Gasteiger partial charge is 0.384 e. The van der Waals surface area contributed by atoms with Gasteiger partial charge in [-0.25, -0.2) is 0 Å². The Morgan fingerprint density at radius 1 is 0.778 bits per heavy atom. The van der Waals surface area contributed by atoms with Crippen LogP contribution in [0.25, 0.3) is 0 Å². The molecule has 18 heavy (non-hydrogen) atoms. The first-order valence-corrected chi connectivity index (χ1v) is 7.19. The van der Waals surface area contributed by atoms with Crippen molar-refractivity contribution in [3.63, 3.8) is 0 Å². The number of hydrogen-bond acceptors (Lipinski definition) is 1. The summed E-state index contributed by atoms with van der Waals surface area (Å²) in [7, 11) is 0. The SMILES string of the molecule is CC(C)c1ccc(C(O)c2ccc(I)cc2)cc1. The van der Waals surface area contributed by atoms with Crippen molar-refractivity contribution in [2.75, 3.05) is 0 Å². The Hall–Kier alpha value is -0.870. The number of rotatable bonds is 3. The quantitative estimate of drug-likeness (QED) is 0.807. The molecule has 1 atom stereocenters. The molecule has 0 amide bonds. The molecule has 1 N–H and O–H groups in total. The summed E-state index contributed by atoms with van der Waals surface area (Å²) in [6, 6.07) is 16.2. The molecule has 1 nitrogen and oxygen atoms in total. The molecule has 0 heterocycles. The van der Waals surface area contributed by atoms with E-state index in [0.717, 1.165) is 11.1 Å². The zero-order chi connectivity index (χ0) is 13.1. The van der Waals surface area contributed by atoms with E-state index in [1.807, 2.05) is 36.4 Å². The third-order valence-electron chi connectivity index (χ3n) is 3.10. The van der Waals surface area contributed by atoms with E-state index in [1.54, 1.807) is 0 Å². The van der Waals surface area contributed by atoms with Gasteiger partial charge in [0.05, 0.1) is 0 Å². The summed E-state index contributed by atoms with van der Waals surface area (Å²) < 4.78 is 1.18. The molecule has 0 saturated carbocycles. The van der Waals surface area contributed by atoms with Crippen LogP contribution in [0.1, 0.15) is 42.6 Å². The van der Waals surface area contributed by atoms with Crippen LogP contribution in [-0.4, -0.2) is 5.11 Å². The van der Waals surface area contributed by atoms with E-state index < -0.39 is 6.10 Å². The van der Waals surface area contributed by atoms with Gasteiger partial charge in [-0.15, -0.1) is 0 Å². The molecule has 0 aromatic heterocycles. The second kappa shape index (κ2) is 5.85. The van der Waals surface area contributed by atoms with Gasteiger partial charge in [0.1, 0.15) is 6.10 Å². The average Bonchev–Trinajstić information content (AvgIpc) is 2.39. The average molecular weight is 352 g/mol. The third-order valence-corrected chi connectivity index (χ3v) is 3.82. The molecule has 0 spiro atoms. The predicted molar refractivity (Wildman–Crippen MR) is 83.8 cm³/mol. The second-order valence-electron chi connectivity index (χ2n) is 4.78. The van der Waals surface area contributed by atoms with Crippen molar-refractivity contribution >= 4 is 22.6 Å². The summed E-state index contributed by atoms with van der Waals surface area (Å²) in [5.74, 6) is 0.523. The van der Waals surface area contributed by atoms with Crippen LogP contribution >= 0.6 is 22.6 Å². The van der Waals surface area contributed by atoms with Crippen molar-refractivity contribution in [1.82, 2.24) is 0 Å². The molecule has 1 unspecified atom stereocenters. The highest BCUT2D eigenvalue weighted by atomic mass is 127. The minimum atomic E-state index is -0.539. The summed E-state index contributed by atoms with van der Waals surface area (Å²) in [6.45, 7) is 4.34. The number of aliphatic hydroxyl groups is 1. The lowest BCUT2D eigenvalue weighted by Gasteiger charge is -2.13. The molecule has 0 fully saturated rings. The molecule has 0 aliphatic carbocycles. The summed E-state index contributed by atoms with van der Waals surface area (Å²) in [4.78, 5) is 0. The third kappa shape index (κ3) is 3.12. The van der Waals surface area contributed by atoms with Gasteiger partial charge in [-0.1, -0.05) is 50.2 Å². The van der Waals surface area contributed by atoms with Gasteiger partial charge in [0.15, 0.2) is 0 Å². The second-order valence-corrected chi connectivity index (χ2v) is 6.02. The van der Waals surface area contributed by atoms with E-state index in [-0.39, 0.29) is 0 Å². The van der Waals surface area contributed by atoms with Gasteiger partial charge in [-0.2, -0.15) is 0 Å². The molecule has 2 aromatic rings. The normalized spacial score (nSPS) is 12.7. The molecule has 0 aliphatic heterocycles. The Labute approximate surface area is 122 Å². The lowest BCUT2D eigenvalue weighted by Crippen LogP contribution is -2.00. The highest BCUT2D eigenvalue weighted by Gasteiger charge is 2.10. The standard InChI is InChI=1S/C16H17IO/c1-11(2)12-3-5-13(6-4-12)16(18)14-7-9-15(17)10-8-14/h3-11,16,18H,1-2H3. The van der Waals surface area contributed by atoms with Crippen LogP contribution in [0, 0.1) is 3.57 Å². The van der Waals surface area contributed by atoms with E-state index in [1.165, 1.54) is 9.13 Å². The fourth-order valence-electron chi connectivity index (χ4n) is 1.90. The molecule has 0 saturated heterocycles. The Morgan fingerprint density at radius 3 is 1.61 bits per heavy atom. The maximum atomic E-state index is 10.3. The first-order valence-electron chi connectivity index (χ1n) is 6.11. The first-order chi connectivity index (χ1) is 8.58. The summed E-state index contributed by atoms with van der Waals surface area (Å²) >= 11 is 2.26. The first kappa shape index (κ1) is 13.6. The number of hydrogen-bond donors (Lipinski definition) is 1. The van der Waals surface area contributed by atoms with Crippen LogP contribution in [-0.2, 0) is 0 Å². The van der Waals surface area contributed by atoms with Gasteiger partial charge >= 0.3 is 0 Å². The molecule has 0 radical (unpaired) electrons. The van der Waals surface area contributed by atoms with Crippen molar-refractivity contribution < 1.29 is 5.11 Å². The van der Waals surface area contributed by atoms with Crippen LogP contribution in [0.15, 0.2) is 48.5 Å². The Kier molecular flexibility index (Phi) is 4.40. The zero-order valence-electron chi connectivity index (χ0n) is 10.6. The molecule has 2 rings (SSSR count). The maximum absolute atomic E-state index is 10.3. The van der Waals surface area contributed by atoms with Crippen LogP contribution < -0.4 is 0 Å². The summed E-state index contributed by atoms with van der Waals surface area (Å²) in [5.41, 5.74) is 3.18. The van der Waals surface area contributed by atoms with Crippen molar-refractivity contribution in [1.29, 1.82) is 0 Å². The molecule has 94 valence electrons. The maximum Gasteiger partial charge on any atom is 0.104 e. The number of halogens is 1. The van der Waals surface area contributed by atoms with Gasteiger partial charge < -0.3 is 5.11 Å². The molecule has 0 aliphatic rings. The van der Waals surface area contributed by atoms with Crippen molar-refractivity contribution in [2.24, 2.45) is 0 Å². The monoisotopic (exact) mass is 352 g/mol. The molecule has 2 heteroatoms. The molecule has 2 aromatic carbocycles. The summed E-state index contributed by atoms with van der Waals surface area (Å²) in [5, 5.41) is 10.3. The summed E-state index contributed by atoms with van der Waals surface area (Å²) in [6.07, 6.45) is -0.539.